The van der Waals surface area contributed by atoms with Crippen LogP contribution in [0.1, 0.15) is 26.2 Å². The van der Waals surface area contributed by atoms with Gasteiger partial charge in [-0.25, -0.2) is 0 Å². The Morgan fingerprint density at radius 3 is 2.75 bits per heavy atom. The minimum Gasteiger partial charge on any atom is -0.497 e. The number of hydrogen-bond acceptors (Lipinski definition) is 3. The highest BCUT2D eigenvalue weighted by molar-refractivity contribution is 7.85. The van der Waals surface area contributed by atoms with E-state index in [1.807, 2.05) is 0 Å². The van der Waals surface area contributed by atoms with Crippen molar-refractivity contribution in [2.45, 2.75) is 31.1 Å². The first-order valence-corrected chi connectivity index (χ1v) is 6.82. The maximum atomic E-state index is 12.0. The monoisotopic (exact) mass is 241 g/mol. The van der Waals surface area contributed by atoms with E-state index in [9.17, 15) is 4.21 Å². The van der Waals surface area contributed by atoms with E-state index < -0.39 is 10.8 Å². The second-order valence-electron chi connectivity index (χ2n) is 3.66. The Bertz CT molecular complexity index is 366. The van der Waals surface area contributed by atoms with Crippen LogP contribution in [0, 0.1) is 0 Å². The van der Waals surface area contributed by atoms with Crippen LogP contribution >= 0.6 is 0 Å². The Hall–Kier alpha value is -1.03. The zero-order valence-corrected chi connectivity index (χ0v) is 10.7. The molecule has 0 radical (unpaired) electrons. The Morgan fingerprint density at radius 2 is 2.12 bits per heavy atom. The highest BCUT2D eigenvalue weighted by Crippen LogP contribution is 2.23. The molecule has 3 nitrogen and oxygen atoms in total. The summed E-state index contributed by atoms with van der Waals surface area (Å²) in [5.74, 6) is 1.37. The van der Waals surface area contributed by atoms with Crippen molar-refractivity contribution in [2.24, 2.45) is 0 Å². The number of nitrogen functional groups attached to an aromatic ring is 1. The number of ether oxygens (including phenoxy) is 1. The van der Waals surface area contributed by atoms with Crippen LogP contribution in [0.15, 0.2) is 23.1 Å². The van der Waals surface area contributed by atoms with Gasteiger partial charge in [-0.05, 0) is 24.6 Å². The lowest BCUT2D eigenvalue weighted by Gasteiger charge is -2.07. The van der Waals surface area contributed by atoms with E-state index in [-0.39, 0.29) is 0 Å². The molecule has 0 aliphatic heterocycles. The van der Waals surface area contributed by atoms with E-state index in [0.717, 1.165) is 19.3 Å². The average Bonchev–Trinajstić information content (AvgIpc) is 2.30. The van der Waals surface area contributed by atoms with Gasteiger partial charge in [0.05, 0.1) is 22.8 Å². The number of methoxy groups -OCH3 is 1. The highest BCUT2D eigenvalue weighted by Gasteiger charge is 2.09. The third kappa shape index (κ3) is 3.52. The molecular formula is C12H19NO2S. The smallest absolute Gasteiger partial charge is 0.120 e. The molecule has 1 aromatic carbocycles. The van der Waals surface area contributed by atoms with Gasteiger partial charge in [-0.1, -0.05) is 19.8 Å². The molecule has 0 aromatic heterocycles. The Kier molecular flexibility index (Phi) is 5.32. The second-order valence-corrected chi connectivity index (χ2v) is 5.20. The van der Waals surface area contributed by atoms with Crippen molar-refractivity contribution < 1.29 is 8.95 Å². The first kappa shape index (κ1) is 13.0. The van der Waals surface area contributed by atoms with Crippen molar-refractivity contribution in [3.63, 3.8) is 0 Å². The van der Waals surface area contributed by atoms with Crippen molar-refractivity contribution in [1.82, 2.24) is 0 Å². The number of benzene rings is 1. The molecule has 90 valence electrons. The summed E-state index contributed by atoms with van der Waals surface area (Å²) in [7, 11) is 0.579. The molecule has 0 aliphatic rings. The molecule has 0 amide bonds. The molecule has 1 rings (SSSR count). The zero-order valence-electron chi connectivity index (χ0n) is 9.86. The van der Waals surface area contributed by atoms with Crippen molar-refractivity contribution in [1.29, 1.82) is 0 Å². The highest BCUT2D eigenvalue weighted by atomic mass is 32.2. The maximum absolute atomic E-state index is 12.0. The van der Waals surface area contributed by atoms with Crippen LogP contribution in [0.4, 0.5) is 5.69 Å². The third-order valence-electron chi connectivity index (χ3n) is 2.40. The van der Waals surface area contributed by atoms with Gasteiger partial charge >= 0.3 is 0 Å². The lowest BCUT2D eigenvalue weighted by molar-refractivity contribution is 0.413. The van der Waals surface area contributed by atoms with Crippen molar-refractivity contribution in [2.75, 3.05) is 18.6 Å². The molecule has 0 heterocycles. The summed E-state index contributed by atoms with van der Waals surface area (Å²) in [6, 6.07) is 5.28. The standard InChI is InChI=1S/C12H19NO2S/c1-3-4-5-8-16(14)12-9-10(15-2)6-7-11(12)13/h6-7,9H,3-5,8,13H2,1-2H3. The minimum absolute atomic E-state index is 0.579. The van der Waals surface area contributed by atoms with Crippen LogP contribution in [-0.4, -0.2) is 17.1 Å². The fourth-order valence-electron chi connectivity index (χ4n) is 1.43. The van der Waals surface area contributed by atoms with Crippen LogP contribution in [0.5, 0.6) is 5.75 Å². The average molecular weight is 241 g/mol. The normalized spacial score (nSPS) is 12.4. The molecule has 0 saturated carbocycles. The summed E-state index contributed by atoms with van der Waals surface area (Å²) in [5.41, 5.74) is 6.38. The summed E-state index contributed by atoms with van der Waals surface area (Å²) >= 11 is 0. The number of rotatable bonds is 6. The maximum Gasteiger partial charge on any atom is 0.120 e. The predicted molar refractivity (Wildman–Crippen MR) is 68.2 cm³/mol. The van der Waals surface area contributed by atoms with Crippen LogP contribution in [-0.2, 0) is 10.8 Å². The molecule has 1 atom stereocenters. The molecule has 4 heteroatoms. The summed E-state index contributed by atoms with van der Waals surface area (Å²) in [6.07, 6.45) is 3.21. The topological polar surface area (TPSA) is 52.3 Å². The molecule has 1 unspecified atom stereocenters. The van der Waals surface area contributed by atoms with Gasteiger partial charge in [0.1, 0.15) is 5.75 Å². The van der Waals surface area contributed by atoms with Crippen molar-refractivity contribution in [3.05, 3.63) is 18.2 Å². The van der Waals surface area contributed by atoms with Crippen LogP contribution in [0.2, 0.25) is 0 Å². The fraction of sp³-hybridized carbons (Fsp3) is 0.500. The summed E-state index contributed by atoms with van der Waals surface area (Å²) in [5, 5.41) is 0. The third-order valence-corrected chi connectivity index (χ3v) is 3.90. The van der Waals surface area contributed by atoms with Gasteiger partial charge < -0.3 is 10.5 Å². The summed E-state index contributed by atoms with van der Waals surface area (Å²) in [4.78, 5) is 0.690. The molecule has 1 aromatic rings. The van der Waals surface area contributed by atoms with Gasteiger partial charge in [0.2, 0.25) is 0 Å². The second kappa shape index (κ2) is 6.53. The van der Waals surface area contributed by atoms with E-state index in [1.165, 1.54) is 0 Å². The first-order chi connectivity index (χ1) is 7.69. The van der Waals surface area contributed by atoms with Gasteiger partial charge in [0.15, 0.2) is 0 Å². The number of hydrogen-bond donors (Lipinski definition) is 1. The van der Waals surface area contributed by atoms with E-state index in [0.29, 0.717) is 22.1 Å². The SMILES string of the molecule is CCCCCS(=O)c1cc(OC)ccc1N. The number of nitrogens with two attached hydrogens (primary N) is 1. The molecule has 0 spiro atoms. The first-order valence-electron chi connectivity index (χ1n) is 5.51. The largest absolute Gasteiger partial charge is 0.497 e. The lowest BCUT2D eigenvalue weighted by atomic mass is 10.3. The molecule has 2 N–H and O–H groups in total. The fourth-order valence-corrected chi connectivity index (χ4v) is 2.70. The van der Waals surface area contributed by atoms with Crippen LogP contribution < -0.4 is 10.5 Å². The van der Waals surface area contributed by atoms with E-state index in [4.69, 9.17) is 10.5 Å². The van der Waals surface area contributed by atoms with Gasteiger partial charge in [0, 0.05) is 11.4 Å². The Labute approximate surface area is 99.4 Å². The quantitative estimate of drug-likeness (QED) is 0.615. The van der Waals surface area contributed by atoms with E-state index in [1.54, 1.807) is 25.3 Å². The zero-order chi connectivity index (χ0) is 12.0. The Morgan fingerprint density at radius 1 is 1.38 bits per heavy atom. The summed E-state index contributed by atoms with van der Waals surface area (Å²) in [6.45, 7) is 2.13. The van der Waals surface area contributed by atoms with Gasteiger partial charge in [-0.2, -0.15) is 0 Å². The molecule has 0 aliphatic carbocycles. The van der Waals surface area contributed by atoms with Gasteiger partial charge in [-0.15, -0.1) is 0 Å². The van der Waals surface area contributed by atoms with Crippen LogP contribution in [0.25, 0.3) is 0 Å². The lowest BCUT2D eigenvalue weighted by Crippen LogP contribution is -2.02. The number of unbranched alkanes of at least 4 members (excludes halogenated alkanes) is 2. The van der Waals surface area contributed by atoms with E-state index in [2.05, 4.69) is 6.92 Å². The van der Waals surface area contributed by atoms with Crippen molar-refractivity contribution in [3.8, 4) is 5.75 Å². The summed E-state index contributed by atoms with van der Waals surface area (Å²) < 4.78 is 17.1. The molecule has 0 saturated heterocycles. The molecule has 16 heavy (non-hydrogen) atoms. The molecule has 0 bridgehead atoms. The molecule has 0 fully saturated rings. The van der Waals surface area contributed by atoms with Gasteiger partial charge in [-0.3, -0.25) is 4.21 Å². The van der Waals surface area contributed by atoms with Gasteiger partial charge in [0.25, 0.3) is 0 Å². The van der Waals surface area contributed by atoms with Crippen molar-refractivity contribution >= 4 is 16.5 Å². The van der Waals surface area contributed by atoms with E-state index >= 15 is 0 Å². The molecular weight excluding hydrogens is 222 g/mol. The Balaban J connectivity index is 2.73. The predicted octanol–water partition coefficient (Wildman–Crippen LogP) is 2.58. The van der Waals surface area contributed by atoms with Crippen LogP contribution in [0.3, 0.4) is 0 Å². The minimum atomic E-state index is -1.01. The number of anilines is 1.